The third-order valence-corrected chi connectivity index (χ3v) is 8.00. The first-order valence-electron chi connectivity index (χ1n) is 10.3. The minimum absolute atomic E-state index is 0. The number of aromatic hydroxyl groups is 1. The lowest BCUT2D eigenvalue weighted by molar-refractivity contribution is -0.225. The predicted molar refractivity (Wildman–Crippen MR) is 108 cm³/mol. The molecule has 1 saturated heterocycles. The van der Waals surface area contributed by atoms with Crippen molar-refractivity contribution in [2.45, 2.75) is 68.6 Å². The summed E-state index contributed by atoms with van der Waals surface area (Å²) in [5, 5.41) is 20.9. The van der Waals surface area contributed by atoms with Crippen LogP contribution in [-0.4, -0.2) is 53.1 Å². The first kappa shape index (κ1) is 19.5. The van der Waals surface area contributed by atoms with Gasteiger partial charge in [0, 0.05) is 25.1 Å². The van der Waals surface area contributed by atoms with Gasteiger partial charge < -0.3 is 14.9 Å². The summed E-state index contributed by atoms with van der Waals surface area (Å²) >= 11 is 0. The quantitative estimate of drug-likeness (QED) is 0.827. The van der Waals surface area contributed by atoms with E-state index in [1.165, 1.54) is 30.5 Å². The number of nitrogens with zero attached hydrogens (tertiary/aromatic N) is 1. The molecule has 5 heteroatoms. The van der Waals surface area contributed by atoms with Crippen LogP contribution in [0.25, 0.3) is 0 Å². The van der Waals surface area contributed by atoms with Gasteiger partial charge in [-0.05, 0) is 80.2 Å². The molecule has 27 heavy (non-hydrogen) atoms. The number of methoxy groups -OCH3 is 1. The number of aliphatic hydroxyl groups is 1. The number of likely N-dealkylation sites (tertiary alicyclic amines) is 1. The molecule has 0 spiro atoms. The predicted octanol–water partition coefficient (Wildman–Crippen LogP) is 3.27. The summed E-state index contributed by atoms with van der Waals surface area (Å²) in [5.41, 5.74) is 2.09. The van der Waals surface area contributed by atoms with Gasteiger partial charge in [0.05, 0.1) is 11.7 Å². The molecule has 2 saturated carbocycles. The van der Waals surface area contributed by atoms with Gasteiger partial charge in [-0.3, -0.25) is 4.90 Å². The Morgan fingerprint density at radius 1 is 1.30 bits per heavy atom. The van der Waals surface area contributed by atoms with E-state index >= 15 is 0 Å². The molecule has 1 heterocycles. The van der Waals surface area contributed by atoms with Gasteiger partial charge in [-0.1, -0.05) is 13.0 Å². The van der Waals surface area contributed by atoms with Gasteiger partial charge in [-0.15, -0.1) is 12.4 Å². The van der Waals surface area contributed by atoms with E-state index in [0.29, 0.717) is 17.7 Å². The van der Waals surface area contributed by atoms with Gasteiger partial charge in [0.2, 0.25) is 0 Å². The Morgan fingerprint density at radius 3 is 2.78 bits per heavy atom. The molecule has 0 amide bonds. The number of piperidine rings is 1. The van der Waals surface area contributed by atoms with Gasteiger partial charge in [0.15, 0.2) is 0 Å². The van der Waals surface area contributed by atoms with Crippen LogP contribution in [0, 0.1) is 11.8 Å². The number of hydrogen-bond acceptors (Lipinski definition) is 4. The lowest BCUT2D eigenvalue weighted by Crippen LogP contribution is -2.76. The average molecular weight is 394 g/mol. The van der Waals surface area contributed by atoms with Gasteiger partial charge in [-0.2, -0.15) is 0 Å². The molecule has 5 atom stereocenters. The molecular formula is C22H32ClNO3. The number of rotatable bonds is 3. The number of hydrogen-bond donors (Lipinski definition) is 2. The van der Waals surface area contributed by atoms with E-state index in [2.05, 4.69) is 17.9 Å². The molecular weight excluding hydrogens is 362 g/mol. The number of benzene rings is 1. The van der Waals surface area contributed by atoms with Crippen LogP contribution in [0.5, 0.6) is 5.75 Å². The third kappa shape index (κ3) is 2.60. The second-order valence-corrected chi connectivity index (χ2v) is 9.32. The van der Waals surface area contributed by atoms with Crippen molar-refractivity contribution in [3.8, 4) is 5.75 Å². The zero-order chi connectivity index (χ0) is 18.1. The Kier molecular flexibility index (Phi) is 4.78. The summed E-state index contributed by atoms with van der Waals surface area (Å²) in [7, 11) is 1.88. The highest BCUT2D eigenvalue weighted by Gasteiger charge is 2.68. The second-order valence-electron chi connectivity index (χ2n) is 9.32. The minimum Gasteiger partial charge on any atom is -0.508 e. The van der Waals surface area contributed by atoms with Crippen molar-refractivity contribution in [1.82, 2.24) is 4.90 Å². The molecule has 0 aromatic heterocycles. The Labute approximate surface area is 168 Å². The van der Waals surface area contributed by atoms with Gasteiger partial charge in [-0.25, -0.2) is 0 Å². The van der Waals surface area contributed by atoms with Crippen molar-refractivity contribution in [2.24, 2.45) is 11.8 Å². The summed E-state index contributed by atoms with van der Waals surface area (Å²) in [6, 6.07) is 6.24. The van der Waals surface area contributed by atoms with Crippen LogP contribution < -0.4 is 0 Å². The molecule has 1 aromatic rings. The van der Waals surface area contributed by atoms with Crippen molar-refractivity contribution in [3.63, 3.8) is 0 Å². The number of halogens is 1. The van der Waals surface area contributed by atoms with Crippen LogP contribution in [0.1, 0.15) is 50.2 Å². The summed E-state index contributed by atoms with van der Waals surface area (Å²) in [5.74, 6) is 1.48. The van der Waals surface area contributed by atoms with Crippen LogP contribution >= 0.6 is 12.4 Å². The molecule has 2 bridgehead atoms. The topological polar surface area (TPSA) is 52.9 Å². The molecule has 3 fully saturated rings. The summed E-state index contributed by atoms with van der Waals surface area (Å²) < 4.78 is 6.50. The summed E-state index contributed by atoms with van der Waals surface area (Å²) in [4.78, 5) is 2.70. The van der Waals surface area contributed by atoms with Crippen LogP contribution in [0.4, 0.5) is 0 Å². The first-order chi connectivity index (χ1) is 12.5. The van der Waals surface area contributed by atoms with E-state index in [9.17, 15) is 10.2 Å². The van der Waals surface area contributed by atoms with Crippen molar-refractivity contribution >= 4 is 12.4 Å². The van der Waals surface area contributed by atoms with Crippen molar-refractivity contribution in [1.29, 1.82) is 0 Å². The average Bonchev–Trinajstić information content (AvgIpc) is 3.42. The smallest absolute Gasteiger partial charge is 0.115 e. The molecule has 3 aliphatic carbocycles. The Morgan fingerprint density at radius 2 is 2.07 bits per heavy atom. The van der Waals surface area contributed by atoms with Crippen LogP contribution in [0.15, 0.2) is 18.2 Å². The molecule has 5 rings (SSSR count). The zero-order valence-corrected chi connectivity index (χ0v) is 17.2. The highest BCUT2D eigenvalue weighted by Crippen LogP contribution is 2.62. The highest BCUT2D eigenvalue weighted by molar-refractivity contribution is 5.85. The molecule has 0 radical (unpaired) electrons. The number of aliphatic hydroxyl groups excluding tert-OH is 1. The van der Waals surface area contributed by atoms with E-state index in [1.54, 1.807) is 0 Å². The second kappa shape index (κ2) is 6.62. The zero-order valence-electron chi connectivity index (χ0n) is 16.4. The molecule has 1 aromatic carbocycles. The fourth-order valence-corrected chi connectivity index (χ4v) is 6.92. The van der Waals surface area contributed by atoms with E-state index in [4.69, 9.17) is 4.74 Å². The van der Waals surface area contributed by atoms with Crippen LogP contribution in [0.2, 0.25) is 0 Å². The van der Waals surface area contributed by atoms with E-state index in [0.717, 1.165) is 38.1 Å². The lowest BCUT2D eigenvalue weighted by Gasteiger charge is -2.68. The summed E-state index contributed by atoms with van der Waals surface area (Å²) in [6.07, 6.45) is 5.98. The lowest BCUT2D eigenvalue weighted by atomic mass is 9.46. The molecule has 2 N–H and O–H groups in total. The number of phenolic OH excluding ortho intramolecular Hbond substituents is 1. The fourth-order valence-electron chi connectivity index (χ4n) is 6.92. The Balaban J connectivity index is 0.00000180. The van der Waals surface area contributed by atoms with E-state index < -0.39 is 0 Å². The van der Waals surface area contributed by atoms with Gasteiger partial charge >= 0.3 is 0 Å². The summed E-state index contributed by atoms with van der Waals surface area (Å²) in [6.45, 7) is 4.53. The molecule has 1 unspecified atom stereocenters. The van der Waals surface area contributed by atoms with E-state index in [-0.39, 0.29) is 29.5 Å². The normalized spacial score (nSPS) is 40.6. The standard InChI is InChI=1S/C22H31NO3.ClH/c1-14-9-18(25)12-21-7-8-23(13-15-3-4-15)20(22(14,21)26-2)10-16-5-6-17(24)11-19(16)21;/h5-6,11,14-15,18,20,24-25H,3-4,7-10,12-13H2,1-2H3;1H/t14-,18?,20+,21+,22+;/m0./s1. The molecule has 150 valence electrons. The minimum atomic E-state index is -0.294. The Bertz CT molecular complexity index is 724. The third-order valence-electron chi connectivity index (χ3n) is 8.00. The Hall–Kier alpha value is -0.810. The van der Waals surface area contributed by atoms with Crippen molar-refractivity contribution < 1.29 is 14.9 Å². The maximum absolute atomic E-state index is 10.7. The van der Waals surface area contributed by atoms with Crippen LogP contribution in [-0.2, 0) is 16.6 Å². The van der Waals surface area contributed by atoms with Crippen molar-refractivity contribution in [2.75, 3.05) is 20.2 Å². The van der Waals surface area contributed by atoms with Gasteiger partial charge in [0.1, 0.15) is 5.75 Å². The van der Waals surface area contributed by atoms with Crippen molar-refractivity contribution in [3.05, 3.63) is 29.3 Å². The molecule has 4 aliphatic rings. The molecule has 1 aliphatic heterocycles. The largest absolute Gasteiger partial charge is 0.508 e. The number of fused-ring (bicyclic) bond motifs is 1. The first-order valence-corrected chi connectivity index (χ1v) is 10.3. The highest BCUT2D eigenvalue weighted by atomic mass is 35.5. The maximum Gasteiger partial charge on any atom is 0.115 e. The fraction of sp³-hybridized carbons (Fsp3) is 0.727. The van der Waals surface area contributed by atoms with E-state index in [1.807, 2.05) is 19.2 Å². The monoisotopic (exact) mass is 393 g/mol. The van der Waals surface area contributed by atoms with Gasteiger partial charge in [0.25, 0.3) is 0 Å². The number of ether oxygens (including phenoxy) is 1. The molecule has 4 nitrogen and oxygen atoms in total. The van der Waals surface area contributed by atoms with Crippen LogP contribution in [0.3, 0.4) is 0 Å². The SMILES string of the molecule is CO[C@@]12[C@@H](C)CC(O)C[C@@]13CCN(CC1CC1)[C@@H]2Cc1ccc(O)cc13.Cl. The maximum atomic E-state index is 10.7. The number of phenols is 1.